The standard InChI is InChI=1S/C16H14FN3O2S2/c1-9-3-4-10(7-12(9)17)18-13(21)8-24-16-19-14-11(5-6-23-14)15(22)20(16)2/h3-7H,8H2,1-2H3,(H,18,21). The Bertz CT molecular complexity index is 981. The van der Waals surface area contributed by atoms with E-state index in [0.717, 1.165) is 0 Å². The number of carbonyl (C=O) groups is 1. The highest BCUT2D eigenvalue weighted by atomic mass is 32.2. The summed E-state index contributed by atoms with van der Waals surface area (Å²) >= 11 is 2.55. The summed E-state index contributed by atoms with van der Waals surface area (Å²) in [4.78, 5) is 29.3. The molecule has 0 spiro atoms. The Morgan fingerprint density at radius 1 is 1.42 bits per heavy atom. The van der Waals surface area contributed by atoms with Gasteiger partial charge < -0.3 is 5.32 Å². The maximum absolute atomic E-state index is 13.5. The first-order valence-corrected chi connectivity index (χ1v) is 8.95. The molecule has 24 heavy (non-hydrogen) atoms. The number of aromatic nitrogens is 2. The zero-order valence-corrected chi connectivity index (χ0v) is 14.6. The van der Waals surface area contributed by atoms with Gasteiger partial charge in [-0.25, -0.2) is 9.37 Å². The molecule has 1 aromatic carbocycles. The van der Waals surface area contributed by atoms with Gasteiger partial charge >= 0.3 is 0 Å². The largest absolute Gasteiger partial charge is 0.325 e. The first kappa shape index (κ1) is 16.7. The zero-order valence-electron chi connectivity index (χ0n) is 13.0. The smallest absolute Gasteiger partial charge is 0.262 e. The Morgan fingerprint density at radius 3 is 2.96 bits per heavy atom. The molecule has 0 radical (unpaired) electrons. The number of hydrogen-bond acceptors (Lipinski definition) is 5. The van der Waals surface area contributed by atoms with Gasteiger partial charge in [-0.3, -0.25) is 14.2 Å². The molecule has 0 unspecified atom stereocenters. The summed E-state index contributed by atoms with van der Waals surface area (Å²) in [5.41, 5.74) is 0.787. The molecule has 0 fully saturated rings. The average molecular weight is 363 g/mol. The predicted octanol–water partition coefficient (Wildman–Crippen LogP) is 3.17. The van der Waals surface area contributed by atoms with E-state index in [9.17, 15) is 14.0 Å². The van der Waals surface area contributed by atoms with E-state index in [1.54, 1.807) is 32.2 Å². The van der Waals surface area contributed by atoms with Gasteiger partial charge in [0.15, 0.2) is 5.16 Å². The lowest BCUT2D eigenvalue weighted by molar-refractivity contribution is -0.113. The highest BCUT2D eigenvalue weighted by Crippen LogP contribution is 2.21. The molecule has 0 saturated carbocycles. The summed E-state index contributed by atoms with van der Waals surface area (Å²) in [5.74, 6) is -0.580. The van der Waals surface area contributed by atoms with Crippen molar-refractivity contribution < 1.29 is 9.18 Å². The van der Waals surface area contributed by atoms with Crippen molar-refractivity contribution in [3.63, 3.8) is 0 Å². The van der Waals surface area contributed by atoms with Crippen LogP contribution in [-0.2, 0) is 11.8 Å². The lowest BCUT2D eigenvalue weighted by Crippen LogP contribution is -2.20. The van der Waals surface area contributed by atoms with E-state index in [0.29, 0.717) is 26.6 Å². The SMILES string of the molecule is Cc1ccc(NC(=O)CSc2nc3sccc3c(=O)n2C)cc1F. The molecule has 5 nitrogen and oxygen atoms in total. The summed E-state index contributed by atoms with van der Waals surface area (Å²) in [6.07, 6.45) is 0. The predicted molar refractivity (Wildman–Crippen MR) is 95.4 cm³/mol. The molecular formula is C16H14FN3O2S2. The molecule has 1 N–H and O–H groups in total. The summed E-state index contributed by atoms with van der Waals surface area (Å²) in [6.45, 7) is 1.66. The second-order valence-corrected chi connectivity index (χ2v) is 7.04. The third-order valence-electron chi connectivity index (χ3n) is 3.45. The molecule has 3 rings (SSSR count). The molecule has 0 atom stereocenters. The maximum Gasteiger partial charge on any atom is 0.262 e. The van der Waals surface area contributed by atoms with Crippen molar-refractivity contribution in [3.8, 4) is 0 Å². The molecule has 0 bridgehead atoms. The minimum absolute atomic E-state index is 0.0760. The first-order chi connectivity index (χ1) is 11.5. The molecule has 124 valence electrons. The van der Waals surface area contributed by atoms with E-state index in [2.05, 4.69) is 10.3 Å². The van der Waals surface area contributed by atoms with Crippen LogP contribution in [0.3, 0.4) is 0 Å². The van der Waals surface area contributed by atoms with Crippen molar-refractivity contribution in [1.29, 1.82) is 0 Å². The van der Waals surface area contributed by atoms with Gasteiger partial charge in [-0.15, -0.1) is 11.3 Å². The van der Waals surface area contributed by atoms with E-state index in [1.165, 1.54) is 33.7 Å². The lowest BCUT2D eigenvalue weighted by atomic mass is 10.2. The monoisotopic (exact) mass is 363 g/mol. The number of thiophene rings is 1. The van der Waals surface area contributed by atoms with Crippen LogP contribution < -0.4 is 10.9 Å². The summed E-state index contributed by atoms with van der Waals surface area (Å²) in [6, 6.07) is 6.27. The Labute approximate surface area is 145 Å². The third kappa shape index (κ3) is 3.34. The Balaban J connectivity index is 1.71. The number of nitrogens with one attached hydrogen (secondary N) is 1. The number of amides is 1. The number of rotatable bonds is 4. The highest BCUT2D eigenvalue weighted by molar-refractivity contribution is 7.99. The van der Waals surface area contributed by atoms with Crippen molar-refractivity contribution in [2.24, 2.45) is 7.05 Å². The molecule has 0 saturated heterocycles. The molecule has 0 aliphatic heterocycles. The number of aryl methyl sites for hydroxylation is 1. The van der Waals surface area contributed by atoms with E-state index < -0.39 is 0 Å². The van der Waals surface area contributed by atoms with Crippen LogP contribution in [0.5, 0.6) is 0 Å². The van der Waals surface area contributed by atoms with Crippen molar-refractivity contribution in [1.82, 2.24) is 9.55 Å². The van der Waals surface area contributed by atoms with Gasteiger partial charge in [0, 0.05) is 12.7 Å². The van der Waals surface area contributed by atoms with Gasteiger partial charge in [-0.05, 0) is 36.1 Å². The minimum Gasteiger partial charge on any atom is -0.325 e. The van der Waals surface area contributed by atoms with Crippen molar-refractivity contribution in [3.05, 3.63) is 51.4 Å². The number of fused-ring (bicyclic) bond motifs is 1. The summed E-state index contributed by atoms with van der Waals surface area (Å²) < 4.78 is 14.9. The van der Waals surface area contributed by atoms with E-state index in [1.807, 2.05) is 5.38 Å². The summed E-state index contributed by atoms with van der Waals surface area (Å²) in [7, 11) is 1.63. The first-order valence-electron chi connectivity index (χ1n) is 7.09. The number of nitrogens with zero attached hydrogens (tertiary/aromatic N) is 2. The van der Waals surface area contributed by atoms with Crippen LogP contribution in [0, 0.1) is 12.7 Å². The number of anilines is 1. The quantitative estimate of drug-likeness (QED) is 0.571. The van der Waals surface area contributed by atoms with Crippen LogP contribution in [0.2, 0.25) is 0 Å². The second-order valence-electron chi connectivity index (χ2n) is 5.20. The topological polar surface area (TPSA) is 64.0 Å². The fourth-order valence-corrected chi connectivity index (χ4v) is 3.68. The lowest BCUT2D eigenvalue weighted by Gasteiger charge is -2.08. The van der Waals surface area contributed by atoms with Crippen LogP contribution in [0.1, 0.15) is 5.56 Å². The van der Waals surface area contributed by atoms with Gasteiger partial charge in [-0.1, -0.05) is 17.8 Å². The van der Waals surface area contributed by atoms with Crippen molar-refractivity contribution >= 4 is 44.9 Å². The van der Waals surface area contributed by atoms with Gasteiger partial charge in [0.1, 0.15) is 10.6 Å². The van der Waals surface area contributed by atoms with E-state index in [4.69, 9.17) is 0 Å². The van der Waals surface area contributed by atoms with Gasteiger partial charge in [-0.2, -0.15) is 0 Å². The van der Waals surface area contributed by atoms with Gasteiger partial charge in [0.05, 0.1) is 11.1 Å². The molecule has 2 aromatic heterocycles. The van der Waals surface area contributed by atoms with Gasteiger partial charge in [0.25, 0.3) is 5.56 Å². The number of thioether (sulfide) groups is 1. The number of halogens is 1. The molecule has 1 amide bonds. The van der Waals surface area contributed by atoms with E-state index in [-0.39, 0.29) is 23.0 Å². The fraction of sp³-hybridized carbons (Fsp3) is 0.188. The highest BCUT2D eigenvalue weighted by Gasteiger charge is 2.12. The van der Waals surface area contributed by atoms with Crippen molar-refractivity contribution in [2.75, 3.05) is 11.1 Å². The molecule has 2 heterocycles. The van der Waals surface area contributed by atoms with Gasteiger partial charge in [0.2, 0.25) is 5.91 Å². The van der Waals surface area contributed by atoms with Crippen molar-refractivity contribution in [2.45, 2.75) is 12.1 Å². The van der Waals surface area contributed by atoms with Crippen LogP contribution in [0.4, 0.5) is 10.1 Å². The second kappa shape index (κ2) is 6.74. The molecular weight excluding hydrogens is 349 g/mol. The zero-order chi connectivity index (χ0) is 17.3. The number of benzene rings is 1. The Kier molecular flexibility index (Phi) is 4.68. The third-order valence-corrected chi connectivity index (χ3v) is 5.29. The Hall–Kier alpha value is -2.19. The normalized spacial score (nSPS) is 11.0. The molecule has 0 aliphatic carbocycles. The molecule has 8 heteroatoms. The number of carbonyl (C=O) groups excluding carboxylic acids is 1. The fourth-order valence-electron chi connectivity index (χ4n) is 2.11. The number of hydrogen-bond donors (Lipinski definition) is 1. The molecule has 3 aromatic rings. The molecule has 0 aliphatic rings. The maximum atomic E-state index is 13.5. The van der Waals surface area contributed by atoms with Crippen LogP contribution in [0.25, 0.3) is 10.2 Å². The van der Waals surface area contributed by atoms with Crippen LogP contribution in [-0.4, -0.2) is 21.2 Å². The summed E-state index contributed by atoms with van der Waals surface area (Å²) in [5, 5.41) is 5.49. The average Bonchev–Trinajstić information content (AvgIpc) is 3.01. The Morgan fingerprint density at radius 2 is 2.21 bits per heavy atom. The van der Waals surface area contributed by atoms with Crippen LogP contribution in [0.15, 0.2) is 39.6 Å². The minimum atomic E-state index is -0.368. The van der Waals surface area contributed by atoms with E-state index >= 15 is 0 Å². The van der Waals surface area contributed by atoms with Crippen LogP contribution >= 0.6 is 23.1 Å².